The predicted molar refractivity (Wildman–Crippen MR) is 69.7 cm³/mol. The highest BCUT2D eigenvalue weighted by Gasteiger charge is 2.10. The molecule has 0 atom stereocenters. The number of allylic oxidation sites excluding steroid dienone is 1. The van der Waals surface area contributed by atoms with Gasteiger partial charge in [-0.2, -0.15) is 0 Å². The molecule has 5 nitrogen and oxygen atoms in total. The van der Waals surface area contributed by atoms with Crippen molar-refractivity contribution >= 4 is 11.7 Å². The largest absolute Gasteiger partial charge is 0.485 e. The predicted octanol–water partition coefficient (Wildman–Crippen LogP) is 1.52. The van der Waals surface area contributed by atoms with E-state index < -0.39 is 11.7 Å². The number of benzene rings is 1. The van der Waals surface area contributed by atoms with Gasteiger partial charge in [0.1, 0.15) is 6.61 Å². The fourth-order valence-corrected chi connectivity index (χ4v) is 1.27. The summed E-state index contributed by atoms with van der Waals surface area (Å²) in [5.41, 5.74) is 2.96. The third kappa shape index (κ3) is 5.18. The van der Waals surface area contributed by atoms with Gasteiger partial charge in [0.15, 0.2) is 5.76 Å². The molecule has 0 aromatic heterocycles. The zero-order valence-corrected chi connectivity index (χ0v) is 10.6. The van der Waals surface area contributed by atoms with E-state index in [2.05, 4.69) is 16.9 Å². The number of hydrogen-bond acceptors (Lipinski definition) is 4. The molecule has 1 aromatic carbocycles. The lowest BCUT2D eigenvalue weighted by Crippen LogP contribution is -2.21. The summed E-state index contributed by atoms with van der Waals surface area (Å²) in [6.07, 6.45) is 2.10. The number of carbonyl (C=O) groups excluding carboxylic acids is 2. The summed E-state index contributed by atoms with van der Waals surface area (Å²) in [4.78, 5) is 27.3. The van der Waals surface area contributed by atoms with E-state index in [0.29, 0.717) is 0 Å². The normalized spacial score (nSPS) is 10.7. The van der Waals surface area contributed by atoms with Crippen LogP contribution in [0, 0.1) is 0 Å². The number of nitrogens with one attached hydrogen (secondary N) is 1. The van der Waals surface area contributed by atoms with Gasteiger partial charge in [-0.3, -0.25) is 14.4 Å². The van der Waals surface area contributed by atoms with Gasteiger partial charge in [0.25, 0.3) is 5.91 Å². The molecule has 0 unspecified atom stereocenters. The van der Waals surface area contributed by atoms with Gasteiger partial charge in [-0.1, -0.05) is 36.9 Å². The van der Waals surface area contributed by atoms with Crippen molar-refractivity contribution in [3.8, 4) is 0 Å². The Morgan fingerprint density at radius 3 is 2.58 bits per heavy atom. The first-order valence-electron chi connectivity index (χ1n) is 5.55. The highest BCUT2D eigenvalue weighted by atomic mass is 16.6. The topological polar surface area (TPSA) is 64.6 Å². The molecule has 0 saturated heterocycles. The molecule has 19 heavy (non-hydrogen) atoms. The zero-order valence-electron chi connectivity index (χ0n) is 10.6. The number of ether oxygens (including phenoxy) is 1. The van der Waals surface area contributed by atoms with E-state index in [1.54, 1.807) is 0 Å². The van der Waals surface area contributed by atoms with Crippen molar-refractivity contribution in [2.75, 3.05) is 7.11 Å². The summed E-state index contributed by atoms with van der Waals surface area (Å²) < 4.78 is 5.32. The molecule has 1 aromatic rings. The highest BCUT2D eigenvalue weighted by Crippen LogP contribution is 2.07. The van der Waals surface area contributed by atoms with Crippen LogP contribution in [0.25, 0.3) is 0 Å². The van der Waals surface area contributed by atoms with Gasteiger partial charge in [-0.05, 0) is 11.6 Å². The van der Waals surface area contributed by atoms with Crippen LogP contribution in [0.2, 0.25) is 0 Å². The van der Waals surface area contributed by atoms with E-state index in [-0.39, 0.29) is 12.4 Å². The van der Waals surface area contributed by atoms with Crippen LogP contribution in [0.3, 0.4) is 0 Å². The molecule has 0 fully saturated rings. The summed E-state index contributed by atoms with van der Waals surface area (Å²) in [6.45, 7) is 3.54. The number of hydroxylamine groups is 1. The Labute approximate surface area is 111 Å². The van der Waals surface area contributed by atoms with Crippen molar-refractivity contribution in [1.29, 1.82) is 0 Å². The summed E-state index contributed by atoms with van der Waals surface area (Å²) >= 11 is 0. The summed E-state index contributed by atoms with van der Waals surface area (Å²) in [5.74, 6) is -1.14. The summed E-state index contributed by atoms with van der Waals surface area (Å²) in [5, 5.41) is 0. The van der Waals surface area contributed by atoms with Crippen LogP contribution >= 0.6 is 0 Å². The fraction of sp³-hybridized carbons (Fsp3) is 0.143. The second kappa shape index (κ2) is 7.84. The maximum atomic E-state index is 11.5. The van der Waals surface area contributed by atoms with E-state index in [4.69, 9.17) is 4.74 Å². The van der Waals surface area contributed by atoms with Gasteiger partial charge in [0.05, 0.1) is 13.2 Å². The van der Waals surface area contributed by atoms with Crippen LogP contribution < -0.4 is 5.48 Å². The Morgan fingerprint density at radius 2 is 2.00 bits per heavy atom. The monoisotopic (exact) mass is 261 g/mol. The van der Waals surface area contributed by atoms with Crippen LogP contribution in [0.4, 0.5) is 0 Å². The molecule has 1 N–H and O–H groups in total. The fourth-order valence-electron chi connectivity index (χ4n) is 1.27. The van der Waals surface area contributed by atoms with Crippen molar-refractivity contribution in [2.24, 2.45) is 0 Å². The first kappa shape index (κ1) is 14.7. The van der Waals surface area contributed by atoms with Crippen molar-refractivity contribution in [1.82, 2.24) is 5.48 Å². The van der Waals surface area contributed by atoms with Crippen LogP contribution in [-0.4, -0.2) is 18.8 Å². The molecule has 0 saturated carbocycles. The second-order valence-electron chi connectivity index (χ2n) is 3.52. The lowest BCUT2D eigenvalue weighted by molar-refractivity contribution is -0.127. The molecule has 0 bridgehead atoms. The maximum Gasteiger partial charge on any atom is 0.271 e. The minimum absolute atomic E-state index is 0.0894. The quantitative estimate of drug-likeness (QED) is 0.459. The second-order valence-corrected chi connectivity index (χ2v) is 3.52. The minimum Gasteiger partial charge on any atom is -0.485 e. The molecule has 0 radical (unpaired) electrons. The molecule has 0 aliphatic heterocycles. The van der Waals surface area contributed by atoms with E-state index >= 15 is 0 Å². The van der Waals surface area contributed by atoms with Gasteiger partial charge in [-0.25, -0.2) is 5.48 Å². The average Bonchev–Trinajstić information content (AvgIpc) is 2.44. The Morgan fingerprint density at radius 1 is 1.32 bits per heavy atom. The molecule has 0 spiro atoms. The number of rotatable bonds is 7. The number of hydrogen-bond donors (Lipinski definition) is 1. The Bertz CT molecular complexity index is 479. The lowest BCUT2D eigenvalue weighted by Gasteiger charge is -2.08. The van der Waals surface area contributed by atoms with E-state index in [1.165, 1.54) is 7.11 Å². The smallest absolute Gasteiger partial charge is 0.271 e. The Hall–Kier alpha value is -2.40. The third-order valence-electron chi connectivity index (χ3n) is 2.13. The number of carbonyl (C=O) groups is 2. The maximum absolute atomic E-state index is 11.5. The molecule has 0 heterocycles. The standard InChI is InChI=1S/C14H15NO4/c1-3-12(16)13(9-14(17)15-18-2)19-10-11-7-5-4-6-8-11/h3-9H,1,10H2,2H3,(H,15,17)/b13-9-. The molecule has 5 heteroatoms. The highest BCUT2D eigenvalue weighted by molar-refractivity contribution is 6.06. The van der Waals surface area contributed by atoms with Gasteiger partial charge < -0.3 is 4.74 Å². The molecule has 0 aliphatic rings. The number of amides is 1. The van der Waals surface area contributed by atoms with E-state index in [9.17, 15) is 9.59 Å². The average molecular weight is 261 g/mol. The minimum atomic E-state index is -0.583. The van der Waals surface area contributed by atoms with E-state index in [0.717, 1.165) is 17.7 Å². The summed E-state index contributed by atoms with van der Waals surface area (Å²) in [7, 11) is 1.30. The summed E-state index contributed by atoms with van der Waals surface area (Å²) in [6, 6.07) is 9.29. The van der Waals surface area contributed by atoms with E-state index in [1.807, 2.05) is 30.3 Å². The number of ketones is 1. The van der Waals surface area contributed by atoms with Crippen LogP contribution in [0.15, 0.2) is 54.8 Å². The van der Waals surface area contributed by atoms with Crippen LogP contribution in [0.5, 0.6) is 0 Å². The molecular weight excluding hydrogens is 246 g/mol. The van der Waals surface area contributed by atoms with Gasteiger partial charge in [0.2, 0.25) is 5.78 Å². The molecule has 1 amide bonds. The first-order valence-corrected chi connectivity index (χ1v) is 5.55. The zero-order chi connectivity index (χ0) is 14.1. The lowest BCUT2D eigenvalue weighted by atomic mass is 10.2. The van der Waals surface area contributed by atoms with Gasteiger partial charge in [0, 0.05) is 0 Å². The van der Waals surface area contributed by atoms with Crippen LogP contribution in [-0.2, 0) is 25.8 Å². The van der Waals surface area contributed by atoms with Crippen molar-refractivity contribution in [3.63, 3.8) is 0 Å². The Kier molecular flexibility index (Phi) is 6.05. The molecular formula is C14H15NO4. The van der Waals surface area contributed by atoms with Crippen molar-refractivity contribution in [2.45, 2.75) is 6.61 Å². The van der Waals surface area contributed by atoms with Gasteiger partial charge in [-0.15, -0.1) is 0 Å². The molecule has 1 rings (SSSR count). The van der Waals surface area contributed by atoms with Crippen LogP contribution in [0.1, 0.15) is 5.56 Å². The molecule has 0 aliphatic carbocycles. The molecule has 100 valence electrons. The SMILES string of the molecule is C=CC(=O)/C(=C/C(=O)NOC)OCc1ccccc1. The van der Waals surface area contributed by atoms with Crippen molar-refractivity contribution < 1.29 is 19.2 Å². The first-order chi connectivity index (χ1) is 9.17. The Balaban J connectivity index is 2.73. The van der Waals surface area contributed by atoms with Crippen molar-refractivity contribution in [3.05, 3.63) is 60.4 Å². The van der Waals surface area contributed by atoms with Gasteiger partial charge >= 0.3 is 0 Å². The third-order valence-corrected chi connectivity index (χ3v) is 2.13.